The molecule has 1 unspecified atom stereocenters. The van der Waals surface area contributed by atoms with Crippen LogP contribution in [0.4, 0.5) is 10.5 Å². The van der Waals surface area contributed by atoms with Crippen molar-refractivity contribution in [2.45, 2.75) is 18.9 Å². The molecule has 6 nitrogen and oxygen atoms in total. The van der Waals surface area contributed by atoms with Crippen molar-refractivity contribution in [2.24, 2.45) is 0 Å². The van der Waals surface area contributed by atoms with Gasteiger partial charge in [0.15, 0.2) is 0 Å². The highest BCUT2D eigenvalue weighted by atomic mass is 35.5. The quantitative estimate of drug-likeness (QED) is 0.896. The third kappa shape index (κ3) is 3.86. The Morgan fingerprint density at radius 3 is 2.90 bits per heavy atom. The van der Waals surface area contributed by atoms with Crippen molar-refractivity contribution in [3.05, 3.63) is 28.8 Å². The molecule has 2 rings (SSSR count). The molecule has 0 aliphatic carbocycles. The number of hydrogen-bond donors (Lipinski definition) is 2. The number of rotatable bonds is 4. The molecule has 1 atom stereocenters. The Balaban J connectivity index is 2.05. The number of nitrogens with zero attached hydrogens (tertiary/aromatic N) is 1. The fourth-order valence-electron chi connectivity index (χ4n) is 2.23. The minimum atomic E-state index is -1.18. The van der Waals surface area contributed by atoms with E-state index >= 15 is 0 Å². The first-order chi connectivity index (χ1) is 9.99. The summed E-state index contributed by atoms with van der Waals surface area (Å²) in [6.45, 7) is 1.19. The number of aromatic carboxylic acids is 1. The Morgan fingerprint density at radius 2 is 2.29 bits per heavy atom. The lowest BCUT2D eigenvalue weighted by Gasteiger charge is -2.21. The van der Waals surface area contributed by atoms with Gasteiger partial charge in [-0.25, -0.2) is 9.59 Å². The van der Waals surface area contributed by atoms with E-state index in [1.54, 1.807) is 13.1 Å². The third-order valence-corrected chi connectivity index (χ3v) is 3.63. The average Bonchev–Trinajstić information content (AvgIpc) is 2.91. The topological polar surface area (TPSA) is 78.9 Å². The number of benzene rings is 1. The Morgan fingerprint density at radius 1 is 1.52 bits per heavy atom. The Kier molecular flexibility index (Phi) is 5.03. The molecule has 1 aromatic rings. The zero-order valence-corrected chi connectivity index (χ0v) is 12.4. The summed E-state index contributed by atoms with van der Waals surface area (Å²) >= 11 is 5.86. The standard InChI is InChI=1S/C14H17ClN2O4/c1-17(8-9-4-3-7-21-9)14(20)16-11-6-2-5-10(15)12(11)13(18)19/h2,5-6,9H,3-4,7-8H2,1H3,(H,16,20)(H,18,19). The average molecular weight is 313 g/mol. The molecule has 21 heavy (non-hydrogen) atoms. The summed E-state index contributed by atoms with van der Waals surface area (Å²) in [5, 5.41) is 11.8. The van der Waals surface area contributed by atoms with Crippen LogP contribution in [-0.2, 0) is 4.74 Å². The van der Waals surface area contributed by atoms with Crippen molar-refractivity contribution in [2.75, 3.05) is 25.5 Å². The maximum atomic E-state index is 12.1. The second kappa shape index (κ2) is 6.78. The van der Waals surface area contributed by atoms with Crippen LogP contribution in [0.3, 0.4) is 0 Å². The summed E-state index contributed by atoms with van der Waals surface area (Å²) in [6, 6.07) is 4.17. The lowest BCUT2D eigenvalue weighted by atomic mass is 10.2. The van der Waals surface area contributed by atoms with Crippen molar-refractivity contribution in [1.29, 1.82) is 0 Å². The summed E-state index contributed by atoms with van der Waals surface area (Å²) in [5.41, 5.74) is 0.0669. The van der Waals surface area contributed by atoms with Gasteiger partial charge >= 0.3 is 12.0 Å². The molecule has 1 aliphatic heterocycles. The van der Waals surface area contributed by atoms with E-state index in [-0.39, 0.29) is 22.4 Å². The highest BCUT2D eigenvalue weighted by molar-refractivity contribution is 6.34. The van der Waals surface area contributed by atoms with Gasteiger partial charge in [-0.1, -0.05) is 17.7 Å². The monoisotopic (exact) mass is 312 g/mol. The number of carbonyl (C=O) groups excluding carboxylic acids is 1. The first-order valence-corrected chi connectivity index (χ1v) is 7.02. The lowest BCUT2D eigenvalue weighted by molar-refractivity contribution is 0.0698. The number of amides is 2. The fourth-order valence-corrected chi connectivity index (χ4v) is 2.49. The number of carboxylic acid groups (broad SMARTS) is 1. The van der Waals surface area contributed by atoms with E-state index in [2.05, 4.69) is 5.32 Å². The van der Waals surface area contributed by atoms with Crippen LogP contribution in [0, 0.1) is 0 Å². The smallest absolute Gasteiger partial charge is 0.339 e. The molecular formula is C14H17ClN2O4. The van der Waals surface area contributed by atoms with Gasteiger partial charge in [0.25, 0.3) is 0 Å². The molecule has 2 N–H and O–H groups in total. The zero-order chi connectivity index (χ0) is 15.4. The summed E-state index contributed by atoms with van der Waals surface area (Å²) < 4.78 is 5.47. The van der Waals surface area contributed by atoms with Gasteiger partial charge in [0, 0.05) is 20.2 Å². The fraction of sp³-hybridized carbons (Fsp3) is 0.429. The SMILES string of the molecule is CN(CC1CCCO1)C(=O)Nc1cccc(Cl)c1C(=O)O. The van der Waals surface area contributed by atoms with Gasteiger partial charge in [0.1, 0.15) is 5.56 Å². The van der Waals surface area contributed by atoms with Crippen LogP contribution in [-0.4, -0.2) is 48.3 Å². The highest BCUT2D eigenvalue weighted by Gasteiger charge is 2.22. The van der Waals surface area contributed by atoms with Gasteiger partial charge in [-0.05, 0) is 25.0 Å². The second-order valence-corrected chi connectivity index (χ2v) is 5.32. The van der Waals surface area contributed by atoms with E-state index in [0.717, 1.165) is 19.4 Å². The van der Waals surface area contributed by atoms with Gasteiger partial charge in [-0.2, -0.15) is 0 Å². The number of ether oxygens (including phenoxy) is 1. The number of halogens is 1. The van der Waals surface area contributed by atoms with Crippen LogP contribution in [0.1, 0.15) is 23.2 Å². The van der Waals surface area contributed by atoms with Crippen LogP contribution in [0.15, 0.2) is 18.2 Å². The van der Waals surface area contributed by atoms with E-state index in [1.807, 2.05) is 0 Å². The Hall–Kier alpha value is -1.79. The van der Waals surface area contributed by atoms with E-state index in [9.17, 15) is 9.59 Å². The number of urea groups is 1. The summed E-state index contributed by atoms with van der Waals surface area (Å²) in [5.74, 6) is -1.18. The van der Waals surface area contributed by atoms with Gasteiger partial charge in [-0.15, -0.1) is 0 Å². The van der Waals surface area contributed by atoms with Crippen molar-refractivity contribution in [1.82, 2.24) is 4.90 Å². The van der Waals surface area contributed by atoms with E-state index < -0.39 is 12.0 Å². The normalized spacial score (nSPS) is 17.5. The summed E-state index contributed by atoms with van der Waals surface area (Å²) in [6.07, 6.45) is 1.96. The van der Waals surface area contributed by atoms with Crippen LogP contribution in [0.25, 0.3) is 0 Å². The molecule has 1 heterocycles. The number of nitrogens with one attached hydrogen (secondary N) is 1. The Bertz CT molecular complexity index is 544. The van der Waals surface area contributed by atoms with Crippen molar-refractivity contribution >= 4 is 29.3 Å². The second-order valence-electron chi connectivity index (χ2n) is 4.91. The molecule has 0 radical (unpaired) electrons. The first-order valence-electron chi connectivity index (χ1n) is 6.64. The van der Waals surface area contributed by atoms with Crippen LogP contribution in [0.5, 0.6) is 0 Å². The van der Waals surface area contributed by atoms with Crippen LogP contribution >= 0.6 is 11.6 Å². The first kappa shape index (κ1) is 15.6. The lowest BCUT2D eigenvalue weighted by Crippen LogP contribution is -2.37. The van der Waals surface area contributed by atoms with Crippen molar-refractivity contribution in [3.8, 4) is 0 Å². The molecule has 0 spiro atoms. The summed E-state index contributed by atoms with van der Waals surface area (Å²) in [7, 11) is 1.64. The van der Waals surface area contributed by atoms with Gasteiger partial charge in [0.05, 0.1) is 16.8 Å². The third-order valence-electron chi connectivity index (χ3n) is 3.32. The van der Waals surface area contributed by atoms with Crippen molar-refractivity contribution in [3.63, 3.8) is 0 Å². The number of likely N-dealkylation sites (N-methyl/N-ethyl adjacent to an activating group) is 1. The minimum absolute atomic E-state index is 0.0408. The number of hydrogen-bond acceptors (Lipinski definition) is 3. The van der Waals surface area contributed by atoms with E-state index in [4.69, 9.17) is 21.4 Å². The Labute approximate surface area is 127 Å². The maximum Gasteiger partial charge on any atom is 0.339 e. The highest BCUT2D eigenvalue weighted by Crippen LogP contribution is 2.24. The molecule has 2 amide bonds. The van der Waals surface area contributed by atoms with Gasteiger partial charge in [-0.3, -0.25) is 0 Å². The minimum Gasteiger partial charge on any atom is -0.478 e. The zero-order valence-electron chi connectivity index (χ0n) is 11.6. The van der Waals surface area contributed by atoms with E-state index in [1.165, 1.54) is 17.0 Å². The molecule has 1 aliphatic rings. The summed E-state index contributed by atoms with van der Waals surface area (Å²) in [4.78, 5) is 24.8. The molecule has 0 aromatic heterocycles. The molecule has 1 saturated heterocycles. The molecule has 0 saturated carbocycles. The number of carbonyl (C=O) groups is 2. The molecule has 1 aromatic carbocycles. The molecular weight excluding hydrogens is 296 g/mol. The van der Waals surface area contributed by atoms with Crippen LogP contribution in [0.2, 0.25) is 5.02 Å². The van der Waals surface area contributed by atoms with E-state index in [0.29, 0.717) is 6.54 Å². The number of carboxylic acids is 1. The number of anilines is 1. The predicted molar refractivity (Wildman–Crippen MR) is 79.0 cm³/mol. The maximum absolute atomic E-state index is 12.1. The van der Waals surface area contributed by atoms with Crippen LogP contribution < -0.4 is 5.32 Å². The molecule has 7 heteroatoms. The van der Waals surface area contributed by atoms with Crippen molar-refractivity contribution < 1.29 is 19.4 Å². The van der Waals surface area contributed by atoms with Gasteiger partial charge < -0.3 is 20.1 Å². The van der Waals surface area contributed by atoms with Gasteiger partial charge in [0.2, 0.25) is 0 Å². The predicted octanol–water partition coefficient (Wildman–Crippen LogP) is 2.68. The largest absolute Gasteiger partial charge is 0.478 e. The molecule has 1 fully saturated rings. The molecule has 0 bridgehead atoms. The molecule has 114 valence electrons.